The molecule has 0 aliphatic heterocycles. The average Bonchev–Trinajstić information content (AvgIpc) is 3.14. The Balaban J connectivity index is 1.63. The molecule has 0 saturated heterocycles. The summed E-state index contributed by atoms with van der Waals surface area (Å²) in [6.07, 6.45) is -1.44. The molecular formula is C20H17ClF3N5O2S. The van der Waals surface area contributed by atoms with E-state index in [4.69, 9.17) is 16.3 Å². The zero-order valence-electron chi connectivity index (χ0n) is 16.5. The van der Waals surface area contributed by atoms with E-state index < -0.39 is 11.7 Å². The van der Waals surface area contributed by atoms with Gasteiger partial charge in [-0.15, -0.1) is 16.8 Å². The zero-order valence-corrected chi connectivity index (χ0v) is 18.0. The number of alkyl halides is 3. The van der Waals surface area contributed by atoms with Crippen LogP contribution in [0.4, 0.5) is 19.0 Å². The summed E-state index contributed by atoms with van der Waals surface area (Å²) in [6, 6.07) is 7.75. The van der Waals surface area contributed by atoms with Crippen LogP contribution in [0.3, 0.4) is 0 Å². The maximum absolute atomic E-state index is 12.9. The van der Waals surface area contributed by atoms with E-state index in [1.54, 1.807) is 22.8 Å². The van der Waals surface area contributed by atoms with Crippen LogP contribution in [-0.4, -0.2) is 31.4 Å². The van der Waals surface area contributed by atoms with Gasteiger partial charge < -0.3 is 10.1 Å². The van der Waals surface area contributed by atoms with Crippen LogP contribution in [0.1, 0.15) is 11.4 Å². The Morgan fingerprint density at radius 2 is 2.09 bits per heavy atom. The number of allylic oxidation sites excluding steroid dienone is 1. The van der Waals surface area contributed by atoms with Crippen LogP contribution in [-0.2, 0) is 24.1 Å². The van der Waals surface area contributed by atoms with Gasteiger partial charge in [-0.25, -0.2) is 4.98 Å². The molecule has 1 amide bonds. The van der Waals surface area contributed by atoms with Crippen molar-refractivity contribution < 1.29 is 22.7 Å². The summed E-state index contributed by atoms with van der Waals surface area (Å²) in [4.78, 5) is 16.2. The highest BCUT2D eigenvalue weighted by atomic mass is 35.5. The molecule has 0 bridgehead atoms. The van der Waals surface area contributed by atoms with E-state index in [9.17, 15) is 18.0 Å². The van der Waals surface area contributed by atoms with E-state index in [0.717, 1.165) is 23.9 Å². The van der Waals surface area contributed by atoms with E-state index in [1.165, 1.54) is 18.3 Å². The van der Waals surface area contributed by atoms with Gasteiger partial charge >= 0.3 is 6.18 Å². The number of rotatable bonds is 9. The molecule has 7 nitrogen and oxygen atoms in total. The number of nitrogens with one attached hydrogen (secondary N) is 1. The first-order valence-corrected chi connectivity index (χ1v) is 10.5. The minimum absolute atomic E-state index is 0.0358. The Kier molecular flexibility index (Phi) is 7.75. The predicted octanol–water partition coefficient (Wildman–Crippen LogP) is 4.84. The third kappa shape index (κ3) is 6.47. The molecule has 3 rings (SSSR count). The maximum atomic E-state index is 12.9. The van der Waals surface area contributed by atoms with E-state index >= 15 is 0 Å². The van der Waals surface area contributed by atoms with Crippen molar-refractivity contribution in [3.8, 4) is 5.75 Å². The standard InChI is InChI=1S/C20H17ClF3N5O2S/c1-2-8-29-17(11-31-15-5-3-4-13(9-15)20(22,23)24)27-28-19(29)32-12-18(30)26-16-7-6-14(21)10-25-16/h2-7,9-10H,1,8,11-12H2,(H,25,26,30). The maximum Gasteiger partial charge on any atom is 0.416 e. The number of carbonyl (C=O) groups is 1. The number of thioether (sulfide) groups is 1. The van der Waals surface area contributed by atoms with Crippen LogP contribution in [0.25, 0.3) is 0 Å². The SMILES string of the molecule is C=CCn1c(COc2cccc(C(F)(F)F)c2)nnc1SCC(=O)Nc1ccc(Cl)cn1. The minimum atomic E-state index is -4.46. The number of ether oxygens (including phenoxy) is 1. The fourth-order valence-corrected chi connectivity index (χ4v) is 3.39. The lowest BCUT2D eigenvalue weighted by molar-refractivity contribution is -0.137. The molecule has 0 aliphatic rings. The Morgan fingerprint density at radius 1 is 1.28 bits per heavy atom. The van der Waals surface area contributed by atoms with Crippen molar-refractivity contribution in [3.05, 3.63) is 71.7 Å². The summed E-state index contributed by atoms with van der Waals surface area (Å²) >= 11 is 6.90. The van der Waals surface area contributed by atoms with Crippen molar-refractivity contribution in [1.29, 1.82) is 0 Å². The second kappa shape index (κ2) is 10.5. The summed E-state index contributed by atoms with van der Waals surface area (Å²) < 4.78 is 45.7. The summed E-state index contributed by atoms with van der Waals surface area (Å²) in [7, 11) is 0. The summed E-state index contributed by atoms with van der Waals surface area (Å²) in [5.74, 6) is 0.526. The molecule has 2 aromatic heterocycles. The van der Waals surface area contributed by atoms with Gasteiger partial charge in [-0.3, -0.25) is 9.36 Å². The number of halogens is 4. The monoisotopic (exact) mass is 483 g/mol. The van der Waals surface area contributed by atoms with E-state index in [2.05, 4.69) is 27.1 Å². The molecule has 168 valence electrons. The molecule has 0 atom stereocenters. The van der Waals surface area contributed by atoms with Gasteiger partial charge in [0.25, 0.3) is 0 Å². The number of carbonyl (C=O) groups excluding carboxylic acids is 1. The van der Waals surface area contributed by atoms with Crippen LogP contribution in [0.2, 0.25) is 5.02 Å². The first kappa shape index (κ1) is 23.6. The van der Waals surface area contributed by atoms with Crippen LogP contribution < -0.4 is 10.1 Å². The number of hydrogen-bond acceptors (Lipinski definition) is 6. The Labute approximate surface area is 190 Å². The molecule has 1 aromatic carbocycles. The van der Waals surface area contributed by atoms with Gasteiger partial charge in [0.15, 0.2) is 11.0 Å². The third-order valence-electron chi connectivity index (χ3n) is 3.96. The molecule has 0 aliphatic carbocycles. The third-order valence-corrected chi connectivity index (χ3v) is 5.15. The second-order valence-electron chi connectivity index (χ2n) is 6.31. The van der Waals surface area contributed by atoms with Crippen molar-refractivity contribution in [3.63, 3.8) is 0 Å². The molecule has 0 radical (unpaired) electrons. The van der Waals surface area contributed by atoms with E-state index in [0.29, 0.717) is 28.4 Å². The quantitative estimate of drug-likeness (QED) is 0.346. The lowest BCUT2D eigenvalue weighted by Gasteiger charge is -2.11. The molecule has 0 fully saturated rings. The molecule has 3 aromatic rings. The number of pyridine rings is 1. The molecular weight excluding hydrogens is 467 g/mol. The van der Waals surface area contributed by atoms with Crippen molar-refractivity contribution in [1.82, 2.24) is 19.7 Å². The minimum Gasteiger partial charge on any atom is -0.486 e. The predicted molar refractivity (Wildman–Crippen MR) is 115 cm³/mol. The Morgan fingerprint density at radius 3 is 2.78 bits per heavy atom. The number of nitrogens with zero attached hydrogens (tertiary/aromatic N) is 4. The second-order valence-corrected chi connectivity index (χ2v) is 7.69. The summed E-state index contributed by atoms with van der Waals surface area (Å²) in [6.45, 7) is 3.91. The van der Waals surface area contributed by atoms with Crippen molar-refractivity contribution >= 4 is 35.1 Å². The highest BCUT2D eigenvalue weighted by Gasteiger charge is 2.30. The van der Waals surface area contributed by atoms with Gasteiger partial charge in [0.1, 0.15) is 18.2 Å². The van der Waals surface area contributed by atoms with Gasteiger partial charge in [0.2, 0.25) is 5.91 Å². The molecule has 1 N–H and O–H groups in total. The van der Waals surface area contributed by atoms with Crippen LogP contribution >= 0.6 is 23.4 Å². The first-order valence-electron chi connectivity index (χ1n) is 9.13. The molecule has 32 heavy (non-hydrogen) atoms. The highest BCUT2D eigenvalue weighted by molar-refractivity contribution is 7.99. The Hall–Kier alpha value is -3.05. The van der Waals surface area contributed by atoms with Gasteiger partial charge in [-0.2, -0.15) is 13.2 Å². The van der Waals surface area contributed by atoms with Crippen molar-refractivity contribution in [2.24, 2.45) is 0 Å². The summed E-state index contributed by atoms with van der Waals surface area (Å²) in [5.41, 5.74) is -0.806. The normalized spacial score (nSPS) is 11.2. The number of amides is 1. The number of anilines is 1. The van der Waals surface area contributed by atoms with E-state index in [1.807, 2.05) is 0 Å². The average molecular weight is 484 g/mol. The lowest BCUT2D eigenvalue weighted by Crippen LogP contribution is -2.15. The number of benzene rings is 1. The fourth-order valence-electron chi connectivity index (χ4n) is 2.51. The molecule has 0 spiro atoms. The Bertz CT molecular complexity index is 1090. The molecule has 2 heterocycles. The largest absolute Gasteiger partial charge is 0.486 e. The number of hydrogen-bond donors (Lipinski definition) is 1. The fraction of sp³-hybridized carbons (Fsp3) is 0.200. The molecule has 12 heteroatoms. The smallest absolute Gasteiger partial charge is 0.416 e. The lowest BCUT2D eigenvalue weighted by atomic mass is 10.2. The van der Waals surface area contributed by atoms with Crippen LogP contribution in [0.5, 0.6) is 5.75 Å². The van der Waals surface area contributed by atoms with Gasteiger partial charge in [-0.05, 0) is 30.3 Å². The topological polar surface area (TPSA) is 81.9 Å². The first-order chi connectivity index (χ1) is 15.3. The zero-order chi connectivity index (χ0) is 23.1. The van der Waals surface area contributed by atoms with E-state index in [-0.39, 0.29) is 24.0 Å². The van der Waals surface area contributed by atoms with Crippen LogP contribution in [0.15, 0.2) is 60.4 Å². The van der Waals surface area contributed by atoms with Gasteiger partial charge in [0.05, 0.1) is 16.3 Å². The van der Waals surface area contributed by atoms with Crippen molar-refractivity contribution in [2.75, 3.05) is 11.1 Å². The van der Waals surface area contributed by atoms with Crippen LogP contribution in [0, 0.1) is 0 Å². The van der Waals surface area contributed by atoms with Gasteiger partial charge in [0, 0.05) is 12.7 Å². The summed E-state index contributed by atoms with van der Waals surface area (Å²) in [5, 5.41) is 11.6. The molecule has 0 saturated carbocycles. The highest BCUT2D eigenvalue weighted by Crippen LogP contribution is 2.31. The number of aromatic nitrogens is 4. The van der Waals surface area contributed by atoms with Crippen molar-refractivity contribution in [2.45, 2.75) is 24.5 Å². The molecule has 0 unspecified atom stereocenters. The van der Waals surface area contributed by atoms with Gasteiger partial charge in [-0.1, -0.05) is 35.5 Å².